The number of carbonyl (C=O) groups is 1. The van der Waals surface area contributed by atoms with Gasteiger partial charge in [-0.2, -0.15) is 0 Å². The first-order chi connectivity index (χ1) is 8.33. The van der Waals surface area contributed by atoms with Gasteiger partial charge in [-0.3, -0.25) is 9.79 Å². The topological polar surface area (TPSA) is 59.9 Å². The van der Waals surface area contributed by atoms with Gasteiger partial charge in [0.25, 0.3) is 5.91 Å². The van der Waals surface area contributed by atoms with Crippen LogP contribution in [0.5, 0.6) is 11.5 Å². The zero-order chi connectivity index (χ0) is 11.7. The summed E-state index contributed by atoms with van der Waals surface area (Å²) < 4.78 is 10.4. The van der Waals surface area contributed by atoms with E-state index >= 15 is 0 Å². The van der Waals surface area contributed by atoms with Crippen molar-refractivity contribution in [1.29, 1.82) is 0 Å². The Morgan fingerprint density at radius 3 is 3.06 bits per heavy atom. The number of nitrogens with zero attached hydrogens (tertiary/aromatic N) is 1. The number of hydrogen-bond donors (Lipinski definition) is 1. The first-order valence-electron chi connectivity index (χ1n) is 5.21. The molecule has 0 aromatic heterocycles. The number of ether oxygens (including phenoxy) is 2. The molecular formula is C11H10N2O3S. The molecule has 17 heavy (non-hydrogen) atoms. The Morgan fingerprint density at radius 1 is 1.35 bits per heavy atom. The Kier molecular flexibility index (Phi) is 2.64. The van der Waals surface area contributed by atoms with Gasteiger partial charge in [-0.25, -0.2) is 0 Å². The van der Waals surface area contributed by atoms with E-state index in [1.807, 2.05) is 0 Å². The zero-order valence-electron chi connectivity index (χ0n) is 8.93. The number of amides is 1. The number of amidine groups is 1. The first kappa shape index (κ1) is 10.5. The molecule has 0 saturated heterocycles. The van der Waals surface area contributed by atoms with Gasteiger partial charge in [0, 0.05) is 11.3 Å². The van der Waals surface area contributed by atoms with E-state index in [0.29, 0.717) is 22.2 Å². The summed E-state index contributed by atoms with van der Waals surface area (Å²) in [7, 11) is 0. The summed E-state index contributed by atoms with van der Waals surface area (Å²) in [5.74, 6) is 2.04. The third kappa shape index (κ3) is 2.08. The summed E-state index contributed by atoms with van der Waals surface area (Å²) in [6.07, 6.45) is 0. The van der Waals surface area contributed by atoms with Crippen LogP contribution in [0, 0.1) is 0 Å². The quantitative estimate of drug-likeness (QED) is 0.815. The van der Waals surface area contributed by atoms with E-state index in [1.54, 1.807) is 30.0 Å². The molecule has 0 radical (unpaired) electrons. The van der Waals surface area contributed by atoms with Crippen LogP contribution in [0.1, 0.15) is 10.4 Å². The fourth-order valence-corrected chi connectivity index (χ4v) is 2.34. The highest BCUT2D eigenvalue weighted by Gasteiger charge is 2.17. The van der Waals surface area contributed by atoms with Gasteiger partial charge in [-0.15, -0.1) is 0 Å². The zero-order valence-corrected chi connectivity index (χ0v) is 9.75. The largest absolute Gasteiger partial charge is 0.454 e. The minimum Gasteiger partial charge on any atom is -0.454 e. The third-order valence-corrected chi connectivity index (χ3v) is 3.33. The second-order valence-corrected chi connectivity index (χ2v) is 4.64. The highest BCUT2D eigenvalue weighted by Crippen LogP contribution is 2.32. The molecule has 88 valence electrons. The standard InChI is InChI=1S/C11H10N2O3S/c14-10(13-11-12-3-4-17-11)7-1-2-8-9(5-7)16-6-15-8/h1-2,5H,3-4,6H2,(H,12,13,14). The van der Waals surface area contributed by atoms with E-state index in [-0.39, 0.29) is 12.7 Å². The van der Waals surface area contributed by atoms with Crippen LogP contribution < -0.4 is 14.8 Å². The lowest BCUT2D eigenvalue weighted by Crippen LogP contribution is -2.27. The van der Waals surface area contributed by atoms with Crippen LogP contribution in [0.3, 0.4) is 0 Å². The lowest BCUT2D eigenvalue weighted by atomic mass is 10.2. The molecule has 5 nitrogen and oxygen atoms in total. The van der Waals surface area contributed by atoms with E-state index < -0.39 is 0 Å². The molecule has 0 unspecified atom stereocenters. The molecule has 1 N–H and O–H groups in total. The van der Waals surface area contributed by atoms with Gasteiger partial charge in [0.1, 0.15) is 0 Å². The Bertz CT molecular complexity index is 501. The van der Waals surface area contributed by atoms with Crippen LogP contribution in [-0.2, 0) is 0 Å². The fraction of sp³-hybridized carbons (Fsp3) is 0.273. The Hall–Kier alpha value is -1.69. The minimum absolute atomic E-state index is 0.170. The van der Waals surface area contributed by atoms with Crippen molar-refractivity contribution >= 4 is 22.8 Å². The molecule has 0 bridgehead atoms. The number of fused-ring (bicyclic) bond motifs is 1. The predicted molar refractivity (Wildman–Crippen MR) is 64.8 cm³/mol. The molecule has 2 aliphatic heterocycles. The molecule has 6 heteroatoms. The summed E-state index contributed by atoms with van der Waals surface area (Å²) in [4.78, 5) is 16.1. The van der Waals surface area contributed by atoms with Crippen LogP contribution in [0.4, 0.5) is 0 Å². The van der Waals surface area contributed by atoms with Gasteiger partial charge in [0.2, 0.25) is 6.79 Å². The minimum atomic E-state index is -0.170. The van der Waals surface area contributed by atoms with Crippen LogP contribution in [0.2, 0.25) is 0 Å². The number of carbonyl (C=O) groups excluding carboxylic acids is 1. The van der Waals surface area contributed by atoms with Crippen molar-refractivity contribution in [3.05, 3.63) is 23.8 Å². The molecule has 0 spiro atoms. The molecule has 0 saturated carbocycles. The Balaban J connectivity index is 1.77. The predicted octanol–water partition coefficient (Wildman–Crippen LogP) is 1.25. The number of benzene rings is 1. The highest BCUT2D eigenvalue weighted by atomic mass is 32.2. The van der Waals surface area contributed by atoms with Crippen LogP contribution >= 0.6 is 11.8 Å². The maximum Gasteiger partial charge on any atom is 0.257 e. The maximum atomic E-state index is 11.9. The van der Waals surface area contributed by atoms with Crippen molar-refractivity contribution in [3.8, 4) is 11.5 Å². The Morgan fingerprint density at radius 2 is 2.24 bits per heavy atom. The highest BCUT2D eigenvalue weighted by molar-refractivity contribution is 8.14. The maximum absolute atomic E-state index is 11.9. The van der Waals surface area contributed by atoms with Gasteiger partial charge < -0.3 is 14.8 Å². The lowest BCUT2D eigenvalue weighted by molar-refractivity contribution is 0.0977. The average molecular weight is 250 g/mol. The molecule has 0 fully saturated rings. The van der Waals surface area contributed by atoms with Crippen LogP contribution in [0.15, 0.2) is 23.2 Å². The van der Waals surface area contributed by atoms with E-state index in [9.17, 15) is 4.79 Å². The molecule has 1 aromatic rings. The summed E-state index contributed by atoms with van der Waals surface area (Å²) in [5, 5.41) is 3.45. The molecular weight excluding hydrogens is 240 g/mol. The monoisotopic (exact) mass is 250 g/mol. The van der Waals surface area contributed by atoms with E-state index in [4.69, 9.17) is 9.47 Å². The van der Waals surface area contributed by atoms with Crippen molar-refractivity contribution in [3.63, 3.8) is 0 Å². The SMILES string of the molecule is O=C(NC1=NCCS1)c1ccc2c(c1)OCO2. The van der Waals surface area contributed by atoms with Crippen LogP contribution in [0.25, 0.3) is 0 Å². The first-order valence-corrected chi connectivity index (χ1v) is 6.20. The summed E-state index contributed by atoms with van der Waals surface area (Å²) >= 11 is 1.55. The molecule has 0 aliphatic carbocycles. The number of nitrogens with one attached hydrogen (secondary N) is 1. The summed E-state index contributed by atoms with van der Waals surface area (Å²) in [6.45, 7) is 0.977. The van der Waals surface area contributed by atoms with E-state index in [0.717, 1.165) is 12.3 Å². The van der Waals surface area contributed by atoms with E-state index in [2.05, 4.69) is 10.3 Å². The smallest absolute Gasteiger partial charge is 0.257 e. The van der Waals surface area contributed by atoms with Crippen molar-refractivity contribution in [2.75, 3.05) is 19.1 Å². The molecule has 1 aromatic carbocycles. The second-order valence-electron chi connectivity index (χ2n) is 3.56. The molecule has 1 amide bonds. The van der Waals surface area contributed by atoms with Crippen molar-refractivity contribution in [2.45, 2.75) is 0 Å². The number of thioether (sulfide) groups is 1. The van der Waals surface area contributed by atoms with Crippen molar-refractivity contribution in [2.24, 2.45) is 4.99 Å². The van der Waals surface area contributed by atoms with Gasteiger partial charge >= 0.3 is 0 Å². The normalized spacial score (nSPS) is 16.8. The number of rotatable bonds is 1. The van der Waals surface area contributed by atoms with Gasteiger partial charge in [0.05, 0.1) is 6.54 Å². The van der Waals surface area contributed by atoms with Gasteiger partial charge in [0.15, 0.2) is 16.7 Å². The number of aliphatic imine (C=N–C) groups is 1. The molecule has 2 heterocycles. The van der Waals surface area contributed by atoms with Crippen LogP contribution in [-0.4, -0.2) is 30.2 Å². The molecule has 2 aliphatic rings. The molecule has 0 atom stereocenters. The average Bonchev–Trinajstić information content (AvgIpc) is 2.97. The van der Waals surface area contributed by atoms with E-state index in [1.165, 1.54) is 0 Å². The lowest BCUT2D eigenvalue weighted by Gasteiger charge is -2.04. The third-order valence-electron chi connectivity index (χ3n) is 2.44. The molecule has 3 rings (SSSR count). The number of hydrogen-bond acceptors (Lipinski definition) is 5. The van der Waals surface area contributed by atoms with Gasteiger partial charge in [-0.05, 0) is 18.2 Å². The second kappa shape index (κ2) is 4.29. The fourth-order valence-electron chi connectivity index (χ4n) is 1.62. The summed E-state index contributed by atoms with van der Waals surface area (Å²) in [6, 6.07) is 5.13. The summed E-state index contributed by atoms with van der Waals surface area (Å²) in [5.41, 5.74) is 0.546. The Labute approximate surface area is 102 Å². The van der Waals surface area contributed by atoms with Crippen molar-refractivity contribution in [1.82, 2.24) is 5.32 Å². The van der Waals surface area contributed by atoms with Crippen molar-refractivity contribution < 1.29 is 14.3 Å². The van der Waals surface area contributed by atoms with Gasteiger partial charge in [-0.1, -0.05) is 11.8 Å².